The van der Waals surface area contributed by atoms with E-state index in [1.807, 2.05) is 50.2 Å². The Morgan fingerprint density at radius 3 is 2.50 bits per heavy atom. The number of para-hydroxylation sites is 1. The normalized spacial score (nSPS) is 10.7. The summed E-state index contributed by atoms with van der Waals surface area (Å²) in [5, 5.41) is 6.50. The van der Waals surface area contributed by atoms with Crippen molar-refractivity contribution in [3.63, 3.8) is 0 Å². The molecule has 0 radical (unpaired) electrons. The first kappa shape index (κ1) is 25.0. The lowest BCUT2D eigenvalue weighted by molar-refractivity contribution is -0.136. The van der Waals surface area contributed by atoms with E-state index in [0.717, 1.165) is 17.5 Å². The number of amides is 2. The number of benzene rings is 3. The Morgan fingerprint density at radius 1 is 1.06 bits per heavy atom. The van der Waals surface area contributed by atoms with Crippen LogP contribution in [0.4, 0.5) is 5.69 Å². The first-order valence-electron chi connectivity index (χ1n) is 10.7. The fourth-order valence-corrected chi connectivity index (χ4v) is 3.71. The largest absolute Gasteiger partial charge is 0.493 e. The number of methoxy groups -OCH3 is 1. The van der Waals surface area contributed by atoms with Crippen LogP contribution in [0, 0.1) is 6.92 Å². The first-order valence-corrected chi connectivity index (χ1v) is 11.5. The molecule has 34 heavy (non-hydrogen) atoms. The lowest BCUT2D eigenvalue weighted by Gasteiger charge is -2.13. The van der Waals surface area contributed by atoms with Crippen LogP contribution in [-0.2, 0) is 22.6 Å². The molecule has 0 atom stereocenters. The molecule has 0 saturated heterocycles. The van der Waals surface area contributed by atoms with Crippen molar-refractivity contribution in [3.8, 4) is 11.5 Å². The molecule has 176 valence electrons. The van der Waals surface area contributed by atoms with Crippen molar-refractivity contribution in [3.05, 3.63) is 87.4 Å². The molecule has 3 aromatic carbocycles. The number of rotatable bonds is 8. The van der Waals surface area contributed by atoms with Crippen LogP contribution in [-0.4, -0.2) is 25.1 Å². The molecule has 0 saturated carbocycles. The minimum atomic E-state index is -0.869. The third kappa shape index (κ3) is 6.68. The van der Waals surface area contributed by atoms with Crippen LogP contribution >= 0.6 is 15.9 Å². The number of hydrogen-bond donors (Lipinski definition) is 2. The number of ether oxygens (including phenoxy) is 2. The van der Waals surface area contributed by atoms with Gasteiger partial charge >= 0.3 is 11.8 Å². The van der Waals surface area contributed by atoms with E-state index in [1.165, 1.54) is 11.8 Å². The van der Waals surface area contributed by atoms with Gasteiger partial charge in [-0.15, -0.1) is 0 Å². The molecular formula is C26H26BrN3O4. The highest BCUT2D eigenvalue weighted by Gasteiger charge is 2.15. The molecule has 7 nitrogen and oxygen atoms in total. The van der Waals surface area contributed by atoms with Gasteiger partial charge in [-0.25, -0.2) is 5.43 Å². The van der Waals surface area contributed by atoms with Gasteiger partial charge in [0.1, 0.15) is 6.61 Å². The molecule has 3 aromatic rings. The Hall–Kier alpha value is -3.65. The molecule has 0 fully saturated rings. The quantitative estimate of drug-likeness (QED) is 0.247. The van der Waals surface area contributed by atoms with Gasteiger partial charge in [0.25, 0.3) is 0 Å². The van der Waals surface area contributed by atoms with Crippen molar-refractivity contribution < 1.29 is 19.1 Å². The average molecular weight is 524 g/mol. The molecule has 0 aliphatic rings. The summed E-state index contributed by atoms with van der Waals surface area (Å²) in [6.45, 7) is 4.39. The van der Waals surface area contributed by atoms with Crippen LogP contribution in [0.2, 0.25) is 0 Å². The summed E-state index contributed by atoms with van der Waals surface area (Å²) < 4.78 is 12.1. The molecule has 0 aliphatic carbocycles. The molecule has 0 unspecified atom stereocenters. The second kappa shape index (κ2) is 12.0. The lowest BCUT2D eigenvalue weighted by Crippen LogP contribution is -2.32. The Labute approximate surface area is 207 Å². The van der Waals surface area contributed by atoms with Crippen LogP contribution in [0.25, 0.3) is 0 Å². The zero-order valence-corrected chi connectivity index (χ0v) is 20.8. The third-order valence-electron chi connectivity index (χ3n) is 4.99. The van der Waals surface area contributed by atoms with Gasteiger partial charge in [-0.2, -0.15) is 5.10 Å². The molecule has 8 heteroatoms. The van der Waals surface area contributed by atoms with E-state index in [4.69, 9.17) is 9.47 Å². The second-order valence-electron chi connectivity index (χ2n) is 7.47. The molecule has 0 heterocycles. The SMILES string of the molecule is CCc1ccccc1NC(=O)C(=O)N/N=C/c1cc(Br)c(OCc2ccc(C)cc2)c(OC)c1. The maximum Gasteiger partial charge on any atom is 0.329 e. The maximum absolute atomic E-state index is 12.2. The maximum atomic E-state index is 12.2. The molecule has 3 rings (SSSR count). The van der Waals surface area contributed by atoms with Gasteiger partial charge in [-0.1, -0.05) is 55.0 Å². The van der Waals surface area contributed by atoms with Crippen LogP contribution in [0.15, 0.2) is 70.2 Å². The number of anilines is 1. The van der Waals surface area contributed by atoms with Crippen molar-refractivity contribution in [2.45, 2.75) is 26.9 Å². The standard InChI is InChI=1S/C26H26BrN3O4/c1-4-20-7-5-6-8-22(20)29-25(31)26(32)30-28-15-19-13-21(27)24(23(14-19)33-3)34-16-18-11-9-17(2)10-12-18/h5-15H,4,16H2,1-3H3,(H,29,31)(H,30,32)/b28-15+. The van der Waals surface area contributed by atoms with Crippen molar-refractivity contribution >= 4 is 39.6 Å². The summed E-state index contributed by atoms with van der Waals surface area (Å²) in [5.74, 6) is -0.607. The van der Waals surface area contributed by atoms with Crippen molar-refractivity contribution in [1.82, 2.24) is 5.43 Å². The summed E-state index contributed by atoms with van der Waals surface area (Å²) in [7, 11) is 1.54. The van der Waals surface area contributed by atoms with Gasteiger partial charge in [-0.05, 0) is 64.2 Å². The molecular weight excluding hydrogens is 498 g/mol. The van der Waals surface area contributed by atoms with E-state index in [9.17, 15) is 9.59 Å². The van der Waals surface area contributed by atoms with E-state index in [2.05, 4.69) is 31.8 Å². The van der Waals surface area contributed by atoms with Crippen LogP contribution in [0.3, 0.4) is 0 Å². The zero-order chi connectivity index (χ0) is 24.5. The smallest absolute Gasteiger partial charge is 0.329 e. The van der Waals surface area contributed by atoms with Gasteiger partial charge < -0.3 is 14.8 Å². The minimum Gasteiger partial charge on any atom is -0.493 e. The number of nitrogens with one attached hydrogen (secondary N) is 2. The number of hydrogen-bond acceptors (Lipinski definition) is 5. The minimum absolute atomic E-state index is 0.384. The van der Waals surface area contributed by atoms with E-state index < -0.39 is 11.8 Å². The number of aryl methyl sites for hydroxylation is 2. The monoisotopic (exact) mass is 523 g/mol. The topological polar surface area (TPSA) is 89.0 Å². The Kier molecular flexibility index (Phi) is 8.81. The first-order chi connectivity index (χ1) is 16.4. The predicted molar refractivity (Wildman–Crippen MR) is 136 cm³/mol. The predicted octanol–water partition coefficient (Wildman–Crippen LogP) is 5.00. The third-order valence-corrected chi connectivity index (χ3v) is 5.58. The molecule has 0 spiro atoms. The number of nitrogens with zero attached hydrogens (tertiary/aromatic N) is 1. The van der Waals surface area contributed by atoms with E-state index >= 15 is 0 Å². The lowest BCUT2D eigenvalue weighted by atomic mass is 10.1. The van der Waals surface area contributed by atoms with Gasteiger partial charge in [0.15, 0.2) is 11.5 Å². The Bertz CT molecular complexity index is 1190. The Morgan fingerprint density at radius 2 is 1.79 bits per heavy atom. The van der Waals surface area contributed by atoms with Gasteiger partial charge in [0.2, 0.25) is 0 Å². The van der Waals surface area contributed by atoms with E-state index in [1.54, 1.807) is 31.4 Å². The summed E-state index contributed by atoms with van der Waals surface area (Å²) in [4.78, 5) is 24.3. The van der Waals surface area contributed by atoms with E-state index in [-0.39, 0.29) is 0 Å². The number of hydrazone groups is 1. The summed E-state index contributed by atoms with van der Waals surface area (Å²) >= 11 is 3.50. The van der Waals surface area contributed by atoms with Crippen LogP contribution in [0.1, 0.15) is 29.2 Å². The number of halogens is 1. The van der Waals surface area contributed by atoms with Crippen molar-refractivity contribution in [1.29, 1.82) is 0 Å². The van der Waals surface area contributed by atoms with Crippen LogP contribution < -0.4 is 20.2 Å². The average Bonchev–Trinajstić information content (AvgIpc) is 2.84. The molecule has 2 amide bonds. The summed E-state index contributed by atoms with van der Waals surface area (Å²) in [6, 6.07) is 18.9. The van der Waals surface area contributed by atoms with Crippen LogP contribution in [0.5, 0.6) is 11.5 Å². The summed E-state index contributed by atoms with van der Waals surface area (Å²) in [6.07, 6.45) is 2.15. The van der Waals surface area contributed by atoms with Gasteiger partial charge in [0.05, 0.1) is 17.8 Å². The van der Waals surface area contributed by atoms with Crippen molar-refractivity contribution in [2.75, 3.05) is 12.4 Å². The number of carbonyl (C=O) groups is 2. The van der Waals surface area contributed by atoms with Gasteiger partial charge in [-0.3, -0.25) is 9.59 Å². The van der Waals surface area contributed by atoms with Gasteiger partial charge in [0, 0.05) is 5.69 Å². The second-order valence-corrected chi connectivity index (χ2v) is 8.33. The fourth-order valence-electron chi connectivity index (χ4n) is 3.14. The highest BCUT2D eigenvalue weighted by molar-refractivity contribution is 9.10. The summed E-state index contributed by atoms with van der Waals surface area (Å²) in [5.41, 5.74) is 6.64. The highest BCUT2D eigenvalue weighted by atomic mass is 79.9. The molecule has 0 aliphatic heterocycles. The van der Waals surface area contributed by atoms with E-state index in [0.29, 0.717) is 33.8 Å². The molecule has 2 N–H and O–H groups in total. The molecule has 0 aromatic heterocycles. The highest BCUT2D eigenvalue weighted by Crippen LogP contribution is 2.36. The Balaban J connectivity index is 1.62. The van der Waals surface area contributed by atoms with Crippen molar-refractivity contribution in [2.24, 2.45) is 5.10 Å². The number of carbonyl (C=O) groups excluding carboxylic acids is 2. The molecule has 0 bridgehead atoms. The fraction of sp³-hybridized carbons (Fsp3) is 0.192. The zero-order valence-electron chi connectivity index (χ0n) is 19.2.